The van der Waals surface area contributed by atoms with Crippen molar-refractivity contribution in [2.75, 3.05) is 34.2 Å². The highest BCUT2D eigenvalue weighted by Gasteiger charge is 2.25. The maximum Gasteiger partial charge on any atom is 0.346 e. The maximum atomic E-state index is 13.3. The SMILES string of the molecule is CCSC(C)OC(=O)c1c(Oc2nc(OC)cc(OC)n2)cccc1Oc1nc(OC)cc(OC)n1. The summed E-state index contributed by atoms with van der Waals surface area (Å²) in [5.74, 6) is 1.02. The van der Waals surface area contributed by atoms with Crippen LogP contribution in [-0.2, 0) is 4.74 Å². The van der Waals surface area contributed by atoms with Crippen LogP contribution in [0.2, 0.25) is 0 Å². The number of carbonyl (C=O) groups excluding carboxylic acids is 1. The Bertz CT molecular complexity index is 1080. The van der Waals surface area contributed by atoms with E-state index < -0.39 is 11.4 Å². The first-order chi connectivity index (χ1) is 17.4. The van der Waals surface area contributed by atoms with Gasteiger partial charge in [0.1, 0.15) is 22.5 Å². The molecule has 0 saturated carbocycles. The fourth-order valence-corrected chi connectivity index (χ4v) is 3.46. The van der Waals surface area contributed by atoms with E-state index in [1.54, 1.807) is 25.1 Å². The Balaban J connectivity index is 2.06. The van der Waals surface area contributed by atoms with E-state index in [1.807, 2.05) is 6.92 Å². The number of thioether (sulfide) groups is 1. The molecule has 0 fully saturated rings. The van der Waals surface area contributed by atoms with Gasteiger partial charge < -0.3 is 33.2 Å². The average molecular weight is 519 g/mol. The number of benzene rings is 1. The molecule has 0 spiro atoms. The van der Waals surface area contributed by atoms with Crippen molar-refractivity contribution in [1.29, 1.82) is 0 Å². The molecule has 0 aliphatic heterocycles. The second-order valence-corrected chi connectivity index (χ2v) is 8.31. The average Bonchev–Trinajstić information content (AvgIpc) is 2.88. The van der Waals surface area contributed by atoms with Crippen molar-refractivity contribution >= 4 is 17.7 Å². The van der Waals surface area contributed by atoms with Gasteiger partial charge in [0, 0.05) is 0 Å². The highest BCUT2D eigenvalue weighted by Crippen LogP contribution is 2.36. The summed E-state index contributed by atoms with van der Waals surface area (Å²) >= 11 is 1.45. The molecule has 0 aliphatic rings. The fourth-order valence-electron chi connectivity index (χ4n) is 2.83. The minimum atomic E-state index is -0.696. The van der Waals surface area contributed by atoms with Crippen LogP contribution in [0, 0.1) is 0 Å². The largest absolute Gasteiger partial charge is 0.481 e. The van der Waals surface area contributed by atoms with E-state index in [0.717, 1.165) is 5.75 Å². The molecule has 13 heteroatoms. The Morgan fingerprint density at radius 2 is 1.22 bits per heavy atom. The fraction of sp³-hybridized carbons (Fsp3) is 0.348. The first-order valence-electron chi connectivity index (χ1n) is 10.7. The molecule has 3 aromatic rings. The standard InChI is InChI=1S/C23H26N4O8S/c1-7-36-13(2)33-21(28)20-14(34-22-24-16(29-3)11-17(25-22)30-4)9-8-10-15(20)35-23-26-18(31-5)12-19(27-23)32-6/h8-13H,7H2,1-6H3. The van der Waals surface area contributed by atoms with Crippen LogP contribution in [0.1, 0.15) is 24.2 Å². The van der Waals surface area contributed by atoms with Crippen molar-refractivity contribution in [2.45, 2.75) is 19.3 Å². The summed E-state index contributed by atoms with van der Waals surface area (Å²) in [5.41, 5.74) is -0.457. The van der Waals surface area contributed by atoms with Crippen molar-refractivity contribution in [1.82, 2.24) is 19.9 Å². The summed E-state index contributed by atoms with van der Waals surface area (Å²) in [4.78, 5) is 29.9. The third kappa shape index (κ3) is 6.78. The highest BCUT2D eigenvalue weighted by molar-refractivity contribution is 7.99. The van der Waals surface area contributed by atoms with Crippen molar-refractivity contribution in [3.05, 3.63) is 35.9 Å². The molecule has 36 heavy (non-hydrogen) atoms. The van der Waals surface area contributed by atoms with Gasteiger partial charge in [0.05, 0.1) is 40.6 Å². The van der Waals surface area contributed by atoms with Gasteiger partial charge in [-0.3, -0.25) is 0 Å². The van der Waals surface area contributed by atoms with Gasteiger partial charge in [0.2, 0.25) is 23.5 Å². The minimum absolute atomic E-state index is 0.0307. The second kappa shape index (κ2) is 12.6. The molecule has 192 valence electrons. The van der Waals surface area contributed by atoms with Crippen LogP contribution in [0.5, 0.6) is 47.0 Å². The third-order valence-electron chi connectivity index (χ3n) is 4.42. The summed E-state index contributed by atoms with van der Waals surface area (Å²) in [5, 5.41) is 0. The number of rotatable bonds is 12. The quantitative estimate of drug-likeness (QED) is 0.251. The first-order valence-corrected chi connectivity index (χ1v) is 11.7. The molecule has 0 aliphatic carbocycles. The zero-order chi connectivity index (χ0) is 26.1. The molecule has 1 unspecified atom stereocenters. The molecular formula is C23H26N4O8S. The Morgan fingerprint density at radius 1 is 0.806 bits per heavy atom. The van der Waals surface area contributed by atoms with Gasteiger partial charge in [-0.25, -0.2) is 4.79 Å². The summed E-state index contributed by atoms with van der Waals surface area (Å²) in [6, 6.07) is 7.44. The highest BCUT2D eigenvalue weighted by atomic mass is 32.2. The van der Waals surface area contributed by atoms with Crippen LogP contribution >= 0.6 is 11.8 Å². The zero-order valence-electron chi connectivity index (χ0n) is 20.6. The minimum Gasteiger partial charge on any atom is -0.481 e. The Hall–Kier alpha value is -4.00. The molecule has 2 heterocycles. The lowest BCUT2D eigenvalue weighted by Crippen LogP contribution is -2.14. The van der Waals surface area contributed by atoms with E-state index in [2.05, 4.69) is 19.9 Å². The predicted molar refractivity (Wildman–Crippen MR) is 130 cm³/mol. The van der Waals surface area contributed by atoms with Crippen molar-refractivity contribution in [2.24, 2.45) is 0 Å². The smallest absolute Gasteiger partial charge is 0.346 e. The van der Waals surface area contributed by atoms with Crippen LogP contribution in [0.25, 0.3) is 0 Å². The lowest BCUT2D eigenvalue weighted by molar-refractivity contribution is 0.0476. The molecule has 1 atom stereocenters. The number of esters is 1. The Kier molecular flexibility index (Phi) is 9.33. The Labute approximate surface area is 212 Å². The number of hydrogen-bond donors (Lipinski definition) is 0. The van der Waals surface area contributed by atoms with Crippen LogP contribution in [0.4, 0.5) is 0 Å². The van der Waals surface area contributed by atoms with Gasteiger partial charge in [-0.2, -0.15) is 19.9 Å². The number of nitrogens with zero attached hydrogens (tertiary/aromatic N) is 4. The number of ether oxygens (including phenoxy) is 7. The van der Waals surface area contributed by atoms with E-state index in [0.29, 0.717) is 0 Å². The molecule has 0 saturated heterocycles. The predicted octanol–water partition coefficient (Wildman–Crippen LogP) is 4.14. The van der Waals surface area contributed by atoms with Gasteiger partial charge in [0.15, 0.2) is 0 Å². The molecular weight excluding hydrogens is 492 g/mol. The van der Waals surface area contributed by atoms with E-state index in [4.69, 9.17) is 33.2 Å². The van der Waals surface area contributed by atoms with E-state index in [-0.39, 0.29) is 52.6 Å². The van der Waals surface area contributed by atoms with Crippen molar-refractivity contribution in [3.63, 3.8) is 0 Å². The molecule has 12 nitrogen and oxygen atoms in total. The summed E-state index contributed by atoms with van der Waals surface area (Å²) in [7, 11) is 5.77. The monoisotopic (exact) mass is 518 g/mol. The summed E-state index contributed by atoms with van der Waals surface area (Å²) < 4.78 is 38.0. The lowest BCUT2D eigenvalue weighted by Gasteiger charge is -2.17. The number of methoxy groups -OCH3 is 4. The first kappa shape index (κ1) is 26.6. The molecule has 1 aromatic carbocycles. The normalized spacial score (nSPS) is 11.3. The number of aromatic nitrogens is 4. The van der Waals surface area contributed by atoms with Crippen molar-refractivity contribution in [3.8, 4) is 47.0 Å². The molecule has 0 radical (unpaired) electrons. The number of hydrogen-bond acceptors (Lipinski definition) is 13. The van der Waals surface area contributed by atoms with E-state index in [1.165, 1.54) is 52.3 Å². The van der Waals surface area contributed by atoms with Crippen LogP contribution in [0.15, 0.2) is 30.3 Å². The van der Waals surface area contributed by atoms with E-state index in [9.17, 15) is 4.79 Å². The van der Waals surface area contributed by atoms with Gasteiger partial charge in [0.25, 0.3) is 0 Å². The molecule has 0 bridgehead atoms. The van der Waals surface area contributed by atoms with Crippen LogP contribution in [0.3, 0.4) is 0 Å². The molecule has 0 N–H and O–H groups in total. The van der Waals surface area contributed by atoms with Crippen LogP contribution < -0.4 is 28.4 Å². The van der Waals surface area contributed by atoms with Gasteiger partial charge in [-0.05, 0) is 24.8 Å². The van der Waals surface area contributed by atoms with Crippen molar-refractivity contribution < 1.29 is 38.0 Å². The van der Waals surface area contributed by atoms with Gasteiger partial charge in [-0.15, -0.1) is 11.8 Å². The molecule has 3 rings (SSSR count). The zero-order valence-corrected chi connectivity index (χ0v) is 21.5. The summed E-state index contributed by atoms with van der Waals surface area (Å²) in [6.45, 7) is 3.73. The number of carbonyl (C=O) groups is 1. The summed E-state index contributed by atoms with van der Waals surface area (Å²) in [6.07, 6.45) is 0. The van der Waals surface area contributed by atoms with Gasteiger partial charge >= 0.3 is 18.0 Å². The Morgan fingerprint density at radius 3 is 1.58 bits per heavy atom. The second-order valence-electron chi connectivity index (χ2n) is 6.73. The molecule has 0 amide bonds. The van der Waals surface area contributed by atoms with Gasteiger partial charge in [-0.1, -0.05) is 13.0 Å². The van der Waals surface area contributed by atoms with E-state index >= 15 is 0 Å². The molecule has 2 aromatic heterocycles. The topological polar surface area (TPSA) is 133 Å². The third-order valence-corrected chi connectivity index (χ3v) is 5.32. The lowest BCUT2D eigenvalue weighted by atomic mass is 10.2. The van der Waals surface area contributed by atoms with Crippen LogP contribution in [-0.4, -0.2) is 65.5 Å². The maximum absolute atomic E-state index is 13.3.